The molecule has 1 aromatic rings. The third-order valence-corrected chi connectivity index (χ3v) is 3.39. The Balaban J connectivity index is 1.74. The van der Waals surface area contributed by atoms with Crippen molar-refractivity contribution in [3.8, 4) is 0 Å². The fourth-order valence-corrected chi connectivity index (χ4v) is 2.39. The lowest BCUT2D eigenvalue weighted by Gasteiger charge is -2.26. The van der Waals surface area contributed by atoms with Gasteiger partial charge in [-0.15, -0.1) is 0 Å². The van der Waals surface area contributed by atoms with Crippen LogP contribution < -0.4 is 10.6 Å². The number of rotatable bonds is 5. The van der Waals surface area contributed by atoms with E-state index in [0.717, 1.165) is 38.4 Å². The molecule has 1 saturated heterocycles. The van der Waals surface area contributed by atoms with Crippen LogP contribution in [-0.4, -0.2) is 41.6 Å². The predicted octanol–water partition coefficient (Wildman–Crippen LogP) is 0.585. The van der Waals surface area contributed by atoms with Crippen molar-refractivity contribution in [2.45, 2.75) is 38.9 Å². The van der Waals surface area contributed by atoms with Crippen LogP contribution in [0.2, 0.25) is 0 Å². The van der Waals surface area contributed by atoms with Crippen molar-refractivity contribution in [1.82, 2.24) is 20.4 Å². The lowest BCUT2D eigenvalue weighted by Crippen LogP contribution is -2.44. The Labute approximate surface area is 109 Å². The molecule has 0 amide bonds. The molecular weight excluding hydrogens is 228 g/mol. The van der Waals surface area contributed by atoms with Crippen molar-refractivity contribution in [3.05, 3.63) is 17.5 Å². The third kappa shape index (κ3) is 3.80. The van der Waals surface area contributed by atoms with Crippen LogP contribution in [0.25, 0.3) is 0 Å². The van der Waals surface area contributed by atoms with Gasteiger partial charge in [-0.1, -0.05) is 0 Å². The van der Waals surface area contributed by atoms with Crippen LogP contribution in [0.4, 0.5) is 0 Å². The summed E-state index contributed by atoms with van der Waals surface area (Å²) in [5.74, 6) is 0. The summed E-state index contributed by atoms with van der Waals surface area (Å²) < 4.78 is 7.33. The van der Waals surface area contributed by atoms with Gasteiger partial charge in [0.15, 0.2) is 0 Å². The minimum atomic E-state index is 0.476. The molecule has 0 aromatic carbocycles. The van der Waals surface area contributed by atoms with Gasteiger partial charge in [0.2, 0.25) is 0 Å². The smallest absolute Gasteiger partial charge is 0.0638 e. The van der Waals surface area contributed by atoms with Crippen molar-refractivity contribution in [2.24, 2.45) is 7.05 Å². The van der Waals surface area contributed by atoms with Gasteiger partial charge in [0.1, 0.15) is 0 Å². The summed E-state index contributed by atoms with van der Waals surface area (Å²) in [6, 6.07) is 0.958. The van der Waals surface area contributed by atoms with Crippen LogP contribution in [-0.2, 0) is 18.3 Å². The van der Waals surface area contributed by atoms with E-state index in [2.05, 4.69) is 35.8 Å². The average Bonchev–Trinajstić information content (AvgIpc) is 2.66. The molecule has 2 atom stereocenters. The van der Waals surface area contributed by atoms with E-state index in [4.69, 9.17) is 4.74 Å². The van der Waals surface area contributed by atoms with Crippen molar-refractivity contribution < 1.29 is 4.74 Å². The minimum absolute atomic E-state index is 0.476. The third-order valence-electron chi connectivity index (χ3n) is 3.39. The number of aryl methyl sites for hydroxylation is 2. The number of hydrogen-bond acceptors (Lipinski definition) is 4. The zero-order valence-corrected chi connectivity index (χ0v) is 11.6. The summed E-state index contributed by atoms with van der Waals surface area (Å²) in [5.41, 5.74) is 2.38. The van der Waals surface area contributed by atoms with Gasteiger partial charge < -0.3 is 15.4 Å². The second kappa shape index (κ2) is 6.31. The Morgan fingerprint density at radius 1 is 1.67 bits per heavy atom. The van der Waals surface area contributed by atoms with E-state index in [1.54, 1.807) is 0 Å². The maximum atomic E-state index is 5.46. The van der Waals surface area contributed by atoms with Crippen LogP contribution in [0.1, 0.15) is 24.6 Å². The summed E-state index contributed by atoms with van der Waals surface area (Å²) in [7, 11) is 1.96. The van der Waals surface area contributed by atoms with Crippen LogP contribution >= 0.6 is 0 Å². The van der Waals surface area contributed by atoms with Gasteiger partial charge >= 0.3 is 0 Å². The summed E-state index contributed by atoms with van der Waals surface area (Å²) in [6.45, 7) is 7.80. The molecule has 1 aromatic heterocycles. The molecule has 0 radical (unpaired) electrons. The average molecular weight is 252 g/mol. The molecule has 1 aliphatic heterocycles. The quantitative estimate of drug-likeness (QED) is 0.805. The van der Waals surface area contributed by atoms with Crippen LogP contribution in [0.15, 0.2) is 6.20 Å². The van der Waals surface area contributed by atoms with Crippen molar-refractivity contribution in [3.63, 3.8) is 0 Å². The highest BCUT2D eigenvalue weighted by Gasteiger charge is 2.16. The first-order chi connectivity index (χ1) is 8.65. The van der Waals surface area contributed by atoms with E-state index in [1.165, 1.54) is 5.56 Å². The van der Waals surface area contributed by atoms with E-state index in [9.17, 15) is 0 Å². The first kappa shape index (κ1) is 13.5. The molecule has 0 bridgehead atoms. The molecule has 2 heterocycles. The molecule has 2 N–H and O–H groups in total. The maximum Gasteiger partial charge on any atom is 0.0638 e. The SMILES string of the molecule is Cc1nn(C)cc1CNC(C)CC1COCCN1. The highest BCUT2D eigenvalue weighted by atomic mass is 16.5. The largest absolute Gasteiger partial charge is 0.379 e. The summed E-state index contributed by atoms with van der Waals surface area (Å²) in [4.78, 5) is 0. The number of hydrogen-bond donors (Lipinski definition) is 2. The highest BCUT2D eigenvalue weighted by Crippen LogP contribution is 2.07. The lowest BCUT2D eigenvalue weighted by molar-refractivity contribution is 0.0712. The lowest BCUT2D eigenvalue weighted by atomic mass is 10.1. The first-order valence-corrected chi connectivity index (χ1v) is 6.69. The monoisotopic (exact) mass is 252 g/mol. The Morgan fingerprint density at radius 3 is 3.11 bits per heavy atom. The standard InChI is InChI=1S/C13H24N4O/c1-10(6-13-9-18-5-4-14-13)15-7-12-8-17(3)16-11(12)2/h8,10,13-15H,4-7,9H2,1-3H3. The fraction of sp³-hybridized carbons (Fsp3) is 0.769. The van der Waals surface area contributed by atoms with Gasteiger partial charge in [-0.05, 0) is 20.3 Å². The molecule has 2 rings (SSSR count). The Kier molecular flexibility index (Phi) is 4.74. The molecule has 2 unspecified atom stereocenters. The van der Waals surface area contributed by atoms with E-state index in [0.29, 0.717) is 12.1 Å². The van der Waals surface area contributed by atoms with Gasteiger partial charge in [-0.25, -0.2) is 0 Å². The number of morpholine rings is 1. The van der Waals surface area contributed by atoms with E-state index >= 15 is 0 Å². The number of aromatic nitrogens is 2. The highest BCUT2D eigenvalue weighted by molar-refractivity contribution is 5.14. The predicted molar refractivity (Wildman–Crippen MR) is 71.5 cm³/mol. The van der Waals surface area contributed by atoms with Crippen molar-refractivity contribution in [2.75, 3.05) is 19.8 Å². The number of nitrogens with one attached hydrogen (secondary N) is 2. The Hall–Kier alpha value is -0.910. The molecular formula is C13H24N4O. The van der Waals surface area contributed by atoms with Gasteiger partial charge in [0.25, 0.3) is 0 Å². The summed E-state index contributed by atoms with van der Waals surface area (Å²) in [6.07, 6.45) is 3.18. The second-order valence-electron chi connectivity index (χ2n) is 5.16. The van der Waals surface area contributed by atoms with Gasteiger partial charge in [-0.3, -0.25) is 4.68 Å². The number of ether oxygens (including phenoxy) is 1. The van der Waals surface area contributed by atoms with Gasteiger partial charge in [0.05, 0.1) is 18.9 Å². The van der Waals surface area contributed by atoms with E-state index in [-0.39, 0.29) is 0 Å². The minimum Gasteiger partial charge on any atom is -0.379 e. The zero-order valence-electron chi connectivity index (χ0n) is 11.6. The summed E-state index contributed by atoms with van der Waals surface area (Å²) in [5, 5.41) is 11.4. The topological polar surface area (TPSA) is 51.1 Å². The normalized spacial score (nSPS) is 22.1. The van der Waals surface area contributed by atoms with Crippen LogP contribution in [0.5, 0.6) is 0 Å². The van der Waals surface area contributed by atoms with Crippen molar-refractivity contribution >= 4 is 0 Å². The van der Waals surface area contributed by atoms with Crippen LogP contribution in [0.3, 0.4) is 0 Å². The first-order valence-electron chi connectivity index (χ1n) is 6.69. The molecule has 102 valence electrons. The number of nitrogens with zero attached hydrogens (tertiary/aromatic N) is 2. The van der Waals surface area contributed by atoms with Gasteiger partial charge in [0, 0.05) is 44.0 Å². The molecule has 5 nitrogen and oxygen atoms in total. The molecule has 0 saturated carbocycles. The van der Waals surface area contributed by atoms with Crippen LogP contribution in [0, 0.1) is 6.92 Å². The van der Waals surface area contributed by atoms with E-state index < -0.39 is 0 Å². The summed E-state index contributed by atoms with van der Waals surface area (Å²) >= 11 is 0. The fourth-order valence-electron chi connectivity index (χ4n) is 2.39. The molecule has 18 heavy (non-hydrogen) atoms. The molecule has 0 spiro atoms. The maximum absolute atomic E-state index is 5.46. The molecule has 5 heteroatoms. The molecule has 1 aliphatic rings. The zero-order chi connectivity index (χ0) is 13.0. The second-order valence-corrected chi connectivity index (χ2v) is 5.16. The Bertz CT molecular complexity index is 371. The molecule has 1 fully saturated rings. The van der Waals surface area contributed by atoms with E-state index in [1.807, 2.05) is 11.7 Å². The van der Waals surface area contributed by atoms with Gasteiger partial charge in [-0.2, -0.15) is 5.10 Å². The molecule has 0 aliphatic carbocycles. The Morgan fingerprint density at radius 2 is 2.50 bits per heavy atom. The van der Waals surface area contributed by atoms with Crippen molar-refractivity contribution in [1.29, 1.82) is 0 Å².